The van der Waals surface area contributed by atoms with Crippen molar-refractivity contribution in [2.75, 3.05) is 0 Å². The lowest BCUT2D eigenvalue weighted by molar-refractivity contribution is -0.154. The predicted octanol–water partition coefficient (Wildman–Crippen LogP) is 1.61. The van der Waals surface area contributed by atoms with Crippen molar-refractivity contribution in [3.05, 3.63) is 23.7 Å². The van der Waals surface area contributed by atoms with E-state index in [-0.39, 0.29) is 18.6 Å². The monoisotopic (exact) mass is 221 g/mol. The summed E-state index contributed by atoms with van der Waals surface area (Å²) in [7, 11) is 0. The van der Waals surface area contributed by atoms with Crippen LogP contribution >= 0.6 is 0 Å². The number of aliphatic hydroxyl groups excluding tert-OH is 1. The summed E-state index contributed by atoms with van der Waals surface area (Å²) in [5.41, 5.74) is 4.81. The van der Waals surface area contributed by atoms with Gasteiger partial charge in [0.05, 0.1) is 11.6 Å². The summed E-state index contributed by atoms with van der Waals surface area (Å²) in [5, 5.41) is 9.07. The van der Waals surface area contributed by atoms with E-state index in [1.54, 1.807) is 0 Å². The molecule has 1 aromatic rings. The van der Waals surface area contributed by atoms with Crippen LogP contribution in [0.4, 0.5) is 13.2 Å². The summed E-state index contributed by atoms with van der Waals surface area (Å²) in [6, 6.07) is 2.07. The zero-order chi connectivity index (χ0) is 11.3. The van der Waals surface area contributed by atoms with E-state index in [1.165, 1.54) is 6.07 Å². The molecule has 0 spiro atoms. The predicted molar refractivity (Wildman–Crippen MR) is 44.8 cm³/mol. The molecule has 1 aliphatic carbocycles. The van der Waals surface area contributed by atoms with Crippen LogP contribution in [0.5, 0.6) is 0 Å². The van der Waals surface area contributed by atoms with Gasteiger partial charge in [-0.3, -0.25) is 0 Å². The maximum atomic E-state index is 12.2. The first-order chi connectivity index (χ1) is 6.81. The van der Waals surface area contributed by atoms with Crippen LogP contribution in [0.25, 0.3) is 0 Å². The van der Waals surface area contributed by atoms with E-state index in [0.717, 1.165) is 6.07 Å². The Hall–Kier alpha value is -1.01. The van der Waals surface area contributed by atoms with Gasteiger partial charge in [0.2, 0.25) is 5.76 Å². The second kappa shape index (κ2) is 2.99. The second-order valence-electron chi connectivity index (χ2n) is 3.88. The van der Waals surface area contributed by atoms with Gasteiger partial charge in [-0.25, -0.2) is 0 Å². The molecule has 15 heavy (non-hydrogen) atoms. The van der Waals surface area contributed by atoms with Crippen molar-refractivity contribution in [3.63, 3.8) is 0 Å². The van der Waals surface area contributed by atoms with Crippen LogP contribution in [-0.2, 0) is 11.7 Å². The van der Waals surface area contributed by atoms with Crippen molar-refractivity contribution in [3.8, 4) is 0 Å². The van der Waals surface area contributed by atoms with Crippen LogP contribution in [0.15, 0.2) is 16.5 Å². The highest BCUT2D eigenvalue weighted by Gasteiger charge is 2.45. The number of aliphatic hydroxyl groups is 1. The minimum Gasteiger partial charge on any atom is -0.455 e. The normalized spacial score (nSPS) is 31.4. The molecular formula is C9H10F3NO2. The third-order valence-electron chi connectivity index (χ3n) is 2.58. The maximum absolute atomic E-state index is 12.2. The van der Waals surface area contributed by atoms with Gasteiger partial charge in [-0.05, 0) is 25.0 Å². The Balaban J connectivity index is 2.21. The number of nitrogens with two attached hydrogens (primary N) is 1. The third-order valence-corrected chi connectivity index (χ3v) is 2.58. The SMILES string of the molecule is NC1(c2ccc(C(F)(F)F)o2)CC(O)C1. The van der Waals surface area contributed by atoms with Gasteiger partial charge < -0.3 is 15.3 Å². The summed E-state index contributed by atoms with van der Waals surface area (Å²) >= 11 is 0. The van der Waals surface area contributed by atoms with Crippen LogP contribution in [0.2, 0.25) is 0 Å². The molecule has 1 aromatic heterocycles. The summed E-state index contributed by atoms with van der Waals surface area (Å²) in [5.74, 6) is -0.969. The van der Waals surface area contributed by atoms with Gasteiger partial charge in [0.25, 0.3) is 0 Å². The molecule has 0 amide bonds. The Morgan fingerprint density at radius 1 is 1.40 bits per heavy atom. The lowest BCUT2D eigenvalue weighted by Gasteiger charge is -2.40. The minimum absolute atomic E-state index is 0.0834. The van der Waals surface area contributed by atoms with E-state index >= 15 is 0 Å². The van der Waals surface area contributed by atoms with E-state index in [2.05, 4.69) is 4.42 Å². The summed E-state index contributed by atoms with van der Waals surface area (Å²) in [6.07, 6.45) is -4.57. The van der Waals surface area contributed by atoms with Crippen molar-refractivity contribution >= 4 is 0 Å². The average molecular weight is 221 g/mol. The largest absolute Gasteiger partial charge is 0.455 e. The number of hydrogen-bond acceptors (Lipinski definition) is 3. The quantitative estimate of drug-likeness (QED) is 0.757. The molecule has 1 saturated carbocycles. The first-order valence-corrected chi connectivity index (χ1v) is 4.46. The van der Waals surface area contributed by atoms with Gasteiger partial charge in [0, 0.05) is 0 Å². The standard InChI is InChI=1S/C9H10F3NO2/c10-9(11,12)7-2-1-6(15-7)8(13)3-5(14)4-8/h1-2,5,14H,3-4,13H2. The molecular weight excluding hydrogens is 211 g/mol. The van der Waals surface area contributed by atoms with Crippen molar-refractivity contribution in [1.82, 2.24) is 0 Å². The Morgan fingerprint density at radius 3 is 2.40 bits per heavy atom. The van der Waals surface area contributed by atoms with E-state index < -0.39 is 23.6 Å². The van der Waals surface area contributed by atoms with Gasteiger partial charge in [-0.2, -0.15) is 13.2 Å². The van der Waals surface area contributed by atoms with E-state index in [0.29, 0.717) is 0 Å². The van der Waals surface area contributed by atoms with Gasteiger partial charge in [-0.15, -0.1) is 0 Å². The van der Waals surface area contributed by atoms with Crippen LogP contribution in [0.3, 0.4) is 0 Å². The van der Waals surface area contributed by atoms with Crippen LogP contribution in [-0.4, -0.2) is 11.2 Å². The fraction of sp³-hybridized carbons (Fsp3) is 0.556. The summed E-state index contributed by atoms with van der Waals surface area (Å²) in [4.78, 5) is 0. The van der Waals surface area contributed by atoms with E-state index in [9.17, 15) is 13.2 Å². The van der Waals surface area contributed by atoms with Crippen molar-refractivity contribution in [2.24, 2.45) is 5.73 Å². The van der Waals surface area contributed by atoms with Crippen molar-refractivity contribution in [2.45, 2.75) is 30.7 Å². The molecule has 1 aliphatic rings. The molecule has 0 aromatic carbocycles. The Bertz CT molecular complexity index is 366. The first kappa shape index (κ1) is 10.5. The van der Waals surface area contributed by atoms with Gasteiger partial charge in [-0.1, -0.05) is 0 Å². The topological polar surface area (TPSA) is 59.4 Å². The molecule has 0 unspecified atom stereocenters. The first-order valence-electron chi connectivity index (χ1n) is 4.46. The molecule has 0 atom stereocenters. The minimum atomic E-state index is -4.49. The smallest absolute Gasteiger partial charge is 0.449 e. The zero-order valence-corrected chi connectivity index (χ0v) is 7.71. The molecule has 0 aliphatic heterocycles. The molecule has 1 heterocycles. The molecule has 6 heteroatoms. The number of alkyl halides is 3. The summed E-state index contributed by atoms with van der Waals surface area (Å²) < 4.78 is 41.3. The highest BCUT2D eigenvalue weighted by atomic mass is 19.4. The molecule has 2 rings (SSSR count). The number of rotatable bonds is 1. The molecule has 0 bridgehead atoms. The van der Waals surface area contributed by atoms with Crippen LogP contribution in [0.1, 0.15) is 24.4 Å². The fourth-order valence-corrected chi connectivity index (χ4v) is 1.74. The maximum Gasteiger partial charge on any atom is 0.449 e. The van der Waals surface area contributed by atoms with Crippen LogP contribution < -0.4 is 5.73 Å². The highest BCUT2D eigenvalue weighted by Crippen LogP contribution is 2.41. The second-order valence-corrected chi connectivity index (χ2v) is 3.88. The molecule has 1 fully saturated rings. The summed E-state index contributed by atoms with van der Waals surface area (Å²) in [6.45, 7) is 0. The molecule has 3 nitrogen and oxygen atoms in total. The Morgan fingerprint density at radius 2 is 2.00 bits per heavy atom. The lowest BCUT2D eigenvalue weighted by Crippen LogP contribution is -2.51. The molecule has 3 N–H and O–H groups in total. The third kappa shape index (κ3) is 1.74. The fourth-order valence-electron chi connectivity index (χ4n) is 1.74. The number of furan rings is 1. The Labute approximate surface area is 83.7 Å². The average Bonchev–Trinajstić information content (AvgIpc) is 2.47. The lowest BCUT2D eigenvalue weighted by atomic mass is 9.73. The van der Waals surface area contributed by atoms with Crippen molar-refractivity contribution < 1.29 is 22.7 Å². The zero-order valence-electron chi connectivity index (χ0n) is 7.71. The van der Waals surface area contributed by atoms with E-state index in [1.807, 2.05) is 0 Å². The number of hydrogen-bond donors (Lipinski definition) is 2. The van der Waals surface area contributed by atoms with Gasteiger partial charge in [0.1, 0.15) is 5.76 Å². The van der Waals surface area contributed by atoms with Gasteiger partial charge in [0.15, 0.2) is 0 Å². The van der Waals surface area contributed by atoms with Crippen molar-refractivity contribution in [1.29, 1.82) is 0 Å². The molecule has 0 radical (unpaired) electrons. The molecule has 0 saturated heterocycles. The van der Waals surface area contributed by atoms with E-state index in [4.69, 9.17) is 10.8 Å². The number of halogens is 3. The Kier molecular flexibility index (Phi) is 2.09. The van der Waals surface area contributed by atoms with Gasteiger partial charge >= 0.3 is 6.18 Å². The van der Waals surface area contributed by atoms with Crippen LogP contribution in [0, 0.1) is 0 Å². The molecule has 84 valence electrons. The highest BCUT2D eigenvalue weighted by molar-refractivity contribution is 5.21.